The summed E-state index contributed by atoms with van der Waals surface area (Å²) in [6.07, 6.45) is 3.07. The van der Waals surface area contributed by atoms with Crippen molar-refractivity contribution in [3.8, 4) is 0 Å². The normalized spacial score (nSPS) is 15.7. The molecule has 0 saturated heterocycles. The van der Waals surface area contributed by atoms with E-state index in [0.717, 1.165) is 10.7 Å². The SMILES string of the molecule is CS(=O)(=O)N(N)C(=O)C1=CCCN(CC(=O)c2ccc(Br)cc2)C1. The summed E-state index contributed by atoms with van der Waals surface area (Å²) in [5, 5.41) is 0. The highest BCUT2D eigenvalue weighted by atomic mass is 79.9. The second-order valence-electron chi connectivity index (χ2n) is 5.52. The zero-order valence-corrected chi connectivity index (χ0v) is 15.5. The number of carbonyl (C=O) groups is 2. The van der Waals surface area contributed by atoms with E-state index in [9.17, 15) is 18.0 Å². The van der Waals surface area contributed by atoms with Crippen LogP contribution in [0.15, 0.2) is 40.4 Å². The lowest BCUT2D eigenvalue weighted by Gasteiger charge is -2.27. The molecule has 1 aromatic carbocycles. The Morgan fingerprint density at radius 2 is 1.92 bits per heavy atom. The summed E-state index contributed by atoms with van der Waals surface area (Å²) in [7, 11) is -3.81. The smallest absolute Gasteiger partial charge is 0.278 e. The molecule has 2 N–H and O–H groups in total. The lowest BCUT2D eigenvalue weighted by Crippen LogP contribution is -2.46. The number of nitrogens with zero attached hydrogens (tertiary/aromatic N) is 2. The lowest BCUT2D eigenvalue weighted by molar-refractivity contribution is -0.123. The van der Waals surface area contributed by atoms with Crippen LogP contribution in [-0.2, 0) is 14.8 Å². The molecule has 7 nitrogen and oxygen atoms in total. The number of amides is 1. The molecule has 0 aliphatic carbocycles. The number of hydrogen-bond acceptors (Lipinski definition) is 6. The van der Waals surface area contributed by atoms with E-state index in [4.69, 9.17) is 5.84 Å². The molecule has 0 unspecified atom stereocenters. The van der Waals surface area contributed by atoms with E-state index in [-0.39, 0.29) is 28.9 Å². The van der Waals surface area contributed by atoms with E-state index in [1.807, 2.05) is 0 Å². The molecule has 1 aromatic rings. The van der Waals surface area contributed by atoms with Crippen molar-refractivity contribution in [2.24, 2.45) is 5.84 Å². The molecule has 24 heavy (non-hydrogen) atoms. The third-order valence-corrected chi connectivity index (χ3v) is 5.00. The van der Waals surface area contributed by atoms with Crippen molar-refractivity contribution < 1.29 is 18.0 Å². The number of rotatable bonds is 5. The van der Waals surface area contributed by atoms with Crippen LogP contribution in [0, 0.1) is 0 Å². The van der Waals surface area contributed by atoms with Crippen LogP contribution >= 0.6 is 15.9 Å². The number of nitrogens with two attached hydrogens (primary N) is 1. The van der Waals surface area contributed by atoms with Crippen LogP contribution < -0.4 is 5.84 Å². The summed E-state index contributed by atoms with van der Waals surface area (Å²) in [4.78, 5) is 26.2. The van der Waals surface area contributed by atoms with E-state index in [1.54, 1.807) is 35.2 Å². The van der Waals surface area contributed by atoms with Gasteiger partial charge in [-0.05, 0) is 18.6 Å². The molecule has 9 heteroatoms. The third kappa shape index (κ3) is 4.73. The van der Waals surface area contributed by atoms with Crippen LogP contribution in [0.25, 0.3) is 0 Å². The summed E-state index contributed by atoms with van der Waals surface area (Å²) in [5.41, 5.74) is 0.856. The van der Waals surface area contributed by atoms with Crippen molar-refractivity contribution in [2.45, 2.75) is 6.42 Å². The Balaban J connectivity index is 2.02. The number of carbonyl (C=O) groups excluding carboxylic acids is 2. The number of hydrogen-bond donors (Lipinski definition) is 1. The quantitative estimate of drug-likeness (QED) is 0.332. The maximum atomic E-state index is 12.3. The number of ketones is 1. The Bertz CT molecular complexity index is 774. The number of hydrazine groups is 1. The van der Waals surface area contributed by atoms with E-state index in [2.05, 4.69) is 15.9 Å². The van der Waals surface area contributed by atoms with Gasteiger partial charge in [0.1, 0.15) is 0 Å². The van der Waals surface area contributed by atoms with E-state index in [0.29, 0.717) is 18.5 Å². The molecule has 0 radical (unpaired) electrons. The summed E-state index contributed by atoms with van der Waals surface area (Å²) < 4.78 is 23.9. The van der Waals surface area contributed by atoms with Gasteiger partial charge in [0.05, 0.1) is 12.8 Å². The Hall–Kier alpha value is -1.55. The minimum atomic E-state index is -3.81. The fourth-order valence-electron chi connectivity index (χ4n) is 2.32. The molecule has 1 aliphatic heterocycles. The average molecular weight is 416 g/mol. The molecular formula is C15H18BrN3O4S. The lowest BCUT2D eigenvalue weighted by atomic mass is 10.1. The predicted octanol–water partition coefficient (Wildman–Crippen LogP) is 0.926. The first-order chi connectivity index (χ1) is 11.2. The van der Waals surface area contributed by atoms with Gasteiger partial charge in [-0.3, -0.25) is 14.5 Å². The molecule has 0 spiro atoms. The topological polar surface area (TPSA) is 101 Å². The van der Waals surface area contributed by atoms with E-state index >= 15 is 0 Å². The maximum Gasteiger partial charge on any atom is 0.278 e. The van der Waals surface area contributed by atoms with Crippen molar-refractivity contribution in [1.29, 1.82) is 0 Å². The minimum Gasteiger partial charge on any atom is -0.293 e. The maximum absolute atomic E-state index is 12.3. The monoisotopic (exact) mass is 415 g/mol. The highest BCUT2D eigenvalue weighted by Gasteiger charge is 2.27. The largest absolute Gasteiger partial charge is 0.293 e. The zero-order chi connectivity index (χ0) is 17.9. The Morgan fingerprint density at radius 1 is 1.29 bits per heavy atom. The van der Waals surface area contributed by atoms with Gasteiger partial charge < -0.3 is 0 Å². The van der Waals surface area contributed by atoms with Crippen molar-refractivity contribution in [1.82, 2.24) is 9.31 Å². The minimum absolute atomic E-state index is 0.0658. The molecule has 1 heterocycles. The van der Waals surface area contributed by atoms with Gasteiger partial charge in [-0.25, -0.2) is 14.3 Å². The van der Waals surface area contributed by atoms with Crippen molar-refractivity contribution in [3.05, 3.63) is 46.0 Å². The Labute approximate surface area is 149 Å². The van der Waals surface area contributed by atoms with Gasteiger partial charge >= 0.3 is 0 Å². The van der Waals surface area contributed by atoms with Gasteiger partial charge in [0.2, 0.25) is 10.0 Å². The van der Waals surface area contributed by atoms with Crippen molar-refractivity contribution >= 4 is 37.6 Å². The second kappa shape index (κ2) is 7.56. The van der Waals surface area contributed by atoms with E-state index < -0.39 is 15.9 Å². The number of sulfonamides is 1. The standard InChI is InChI=1S/C15H18BrN3O4S/c1-24(22,23)19(17)15(21)12-3-2-8-18(9-12)10-14(20)11-4-6-13(16)7-5-11/h3-7H,2,8-10,17H2,1H3. The van der Waals surface area contributed by atoms with Crippen LogP contribution in [0.1, 0.15) is 16.8 Å². The van der Waals surface area contributed by atoms with Gasteiger partial charge in [-0.1, -0.05) is 34.1 Å². The predicted molar refractivity (Wildman–Crippen MR) is 93.5 cm³/mol. The fraction of sp³-hybridized carbons (Fsp3) is 0.333. The molecule has 2 rings (SSSR count). The van der Waals surface area contributed by atoms with Gasteiger partial charge in [0, 0.05) is 28.7 Å². The van der Waals surface area contributed by atoms with Gasteiger partial charge in [-0.2, -0.15) is 4.41 Å². The third-order valence-electron chi connectivity index (χ3n) is 3.60. The van der Waals surface area contributed by atoms with Gasteiger partial charge in [-0.15, -0.1) is 0 Å². The first kappa shape index (κ1) is 18.8. The van der Waals surface area contributed by atoms with Crippen molar-refractivity contribution in [3.63, 3.8) is 0 Å². The van der Waals surface area contributed by atoms with Crippen LogP contribution in [0.5, 0.6) is 0 Å². The average Bonchev–Trinajstić information content (AvgIpc) is 2.53. The second-order valence-corrected chi connectivity index (χ2v) is 8.30. The highest BCUT2D eigenvalue weighted by molar-refractivity contribution is 9.10. The number of halogens is 1. The van der Waals surface area contributed by atoms with Crippen molar-refractivity contribution in [2.75, 3.05) is 25.9 Å². The first-order valence-electron chi connectivity index (χ1n) is 7.18. The molecule has 0 aromatic heterocycles. The Kier molecular flexibility index (Phi) is 5.92. The number of Topliss-reactive ketones (excluding diaryl/α,β-unsaturated/α-hetero) is 1. The highest BCUT2D eigenvalue weighted by Crippen LogP contribution is 2.15. The molecule has 1 aliphatic rings. The fourth-order valence-corrected chi connectivity index (χ4v) is 3.00. The van der Waals surface area contributed by atoms with Crippen LogP contribution in [0.4, 0.5) is 0 Å². The molecule has 0 fully saturated rings. The van der Waals surface area contributed by atoms with Gasteiger partial charge in [0.25, 0.3) is 5.91 Å². The number of benzene rings is 1. The zero-order valence-electron chi connectivity index (χ0n) is 13.1. The van der Waals surface area contributed by atoms with Gasteiger partial charge in [0.15, 0.2) is 5.78 Å². The summed E-state index contributed by atoms with van der Waals surface area (Å²) in [6, 6.07) is 7.03. The summed E-state index contributed by atoms with van der Waals surface area (Å²) in [5.74, 6) is 4.51. The molecular weight excluding hydrogens is 398 g/mol. The molecule has 1 amide bonds. The molecule has 130 valence electrons. The molecule has 0 atom stereocenters. The first-order valence-corrected chi connectivity index (χ1v) is 9.82. The van der Waals surface area contributed by atoms with Crippen LogP contribution in [0.3, 0.4) is 0 Å². The van der Waals surface area contributed by atoms with Crippen LogP contribution in [0.2, 0.25) is 0 Å². The summed E-state index contributed by atoms with van der Waals surface area (Å²) >= 11 is 3.31. The molecule has 0 saturated carbocycles. The van der Waals surface area contributed by atoms with Crippen LogP contribution in [-0.4, -0.2) is 55.3 Å². The Morgan fingerprint density at radius 3 is 2.50 bits per heavy atom. The van der Waals surface area contributed by atoms with E-state index in [1.165, 1.54) is 0 Å². The molecule has 0 bridgehead atoms. The summed E-state index contributed by atoms with van der Waals surface area (Å²) in [6.45, 7) is 0.947.